The van der Waals surface area contributed by atoms with Crippen LogP contribution in [0.25, 0.3) is 0 Å². The van der Waals surface area contributed by atoms with Crippen LogP contribution < -0.4 is 10.5 Å². The number of hydrogen-bond donors (Lipinski definition) is 1. The first-order valence-corrected chi connectivity index (χ1v) is 7.46. The molecule has 0 saturated heterocycles. The van der Waals surface area contributed by atoms with Crippen molar-refractivity contribution in [3.8, 4) is 5.75 Å². The molecule has 21 heavy (non-hydrogen) atoms. The van der Waals surface area contributed by atoms with Crippen LogP contribution in [0.3, 0.4) is 0 Å². The van der Waals surface area contributed by atoms with Crippen molar-refractivity contribution in [1.82, 2.24) is 0 Å². The molecule has 0 spiro atoms. The molecule has 0 amide bonds. The maximum Gasteiger partial charge on any atom is 0.123 e. The van der Waals surface area contributed by atoms with Gasteiger partial charge in [-0.05, 0) is 42.2 Å². The zero-order valence-corrected chi connectivity index (χ0v) is 11.8. The fraction of sp³-hybridized carbons (Fsp3) is 0.333. The summed E-state index contributed by atoms with van der Waals surface area (Å²) in [5.41, 5.74) is 9.89. The van der Waals surface area contributed by atoms with Gasteiger partial charge in [-0.25, -0.2) is 4.39 Å². The average molecular weight is 283 g/mol. The number of rotatable bonds is 2. The Kier molecular flexibility index (Phi) is 2.79. The minimum Gasteiger partial charge on any atom is -0.490 e. The van der Waals surface area contributed by atoms with Crippen molar-refractivity contribution >= 4 is 0 Å². The largest absolute Gasteiger partial charge is 0.490 e. The van der Waals surface area contributed by atoms with E-state index in [1.807, 2.05) is 6.07 Å². The minimum atomic E-state index is -0.318. The highest BCUT2D eigenvalue weighted by molar-refractivity contribution is 5.41. The second-order valence-corrected chi connectivity index (χ2v) is 6.21. The summed E-state index contributed by atoms with van der Waals surface area (Å²) in [6, 6.07) is 13.1. The highest BCUT2D eigenvalue weighted by atomic mass is 19.1. The van der Waals surface area contributed by atoms with Gasteiger partial charge < -0.3 is 10.5 Å². The van der Waals surface area contributed by atoms with Crippen molar-refractivity contribution in [2.75, 3.05) is 0 Å². The van der Waals surface area contributed by atoms with Gasteiger partial charge in [0, 0.05) is 23.9 Å². The van der Waals surface area contributed by atoms with Gasteiger partial charge in [0.15, 0.2) is 0 Å². The molecule has 2 aliphatic rings. The molecule has 4 rings (SSSR count). The fourth-order valence-corrected chi connectivity index (χ4v) is 3.74. The topological polar surface area (TPSA) is 35.2 Å². The van der Waals surface area contributed by atoms with Crippen molar-refractivity contribution < 1.29 is 9.13 Å². The molecule has 0 radical (unpaired) electrons. The molecule has 0 bridgehead atoms. The third kappa shape index (κ3) is 2.12. The fourth-order valence-electron chi connectivity index (χ4n) is 3.74. The smallest absolute Gasteiger partial charge is 0.123 e. The summed E-state index contributed by atoms with van der Waals surface area (Å²) in [5.74, 6) is 0.600. The molecule has 0 aromatic heterocycles. The normalized spacial score (nSPS) is 26.3. The molecule has 2 atom stereocenters. The van der Waals surface area contributed by atoms with Crippen molar-refractivity contribution in [3.63, 3.8) is 0 Å². The van der Waals surface area contributed by atoms with E-state index in [9.17, 15) is 4.39 Å². The number of aryl methyl sites for hydroxylation is 1. The van der Waals surface area contributed by atoms with Gasteiger partial charge >= 0.3 is 0 Å². The second-order valence-electron chi connectivity index (χ2n) is 6.21. The number of halogens is 1. The molecule has 1 heterocycles. The minimum absolute atomic E-state index is 0.0398. The van der Waals surface area contributed by atoms with Gasteiger partial charge in [0.25, 0.3) is 0 Å². The van der Waals surface area contributed by atoms with Crippen LogP contribution in [0.5, 0.6) is 5.75 Å². The number of fused-ring (bicyclic) bond motifs is 2. The van der Waals surface area contributed by atoms with Crippen LogP contribution in [-0.2, 0) is 18.4 Å². The first-order valence-electron chi connectivity index (χ1n) is 7.46. The number of nitrogens with two attached hydrogens (primary N) is 1. The van der Waals surface area contributed by atoms with Crippen LogP contribution in [0.1, 0.15) is 29.5 Å². The average Bonchev–Trinajstić information content (AvgIpc) is 3.00. The third-order valence-electron chi connectivity index (χ3n) is 4.75. The standard InChI is InChI=1S/C18H18FNO/c19-14-5-6-17-13(9-14)10-15(21-17)11-18(20)8-7-12-3-1-2-4-16(12)18/h1-6,9,15H,7-8,10-11,20H2. The van der Waals surface area contributed by atoms with Crippen LogP contribution in [0.4, 0.5) is 4.39 Å². The highest BCUT2D eigenvalue weighted by Crippen LogP contribution is 2.41. The second kappa shape index (κ2) is 4.57. The molecule has 108 valence electrons. The Labute approximate surface area is 123 Å². The van der Waals surface area contributed by atoms with Crippen molar-refractivity contribution in [2.45, 2.75) is 37.3 Å². The van der Waals surface area contributed by atoms with Crippen molar-refractivity contribution in [3.05, 3.63) is 65.0 Å². The van der Waals surface area contributed by atoms with Crippen LogP contribution in [-0.4, -0.2) is 6.10 Å². The summed E-state index contributed by atoms with van der Waals surface area (Å²) < 4.78 is 19.2. The molecule has 2 unspecified atom stereocenters. The number of hydrogen-bond acceptors (Lipinski definition) is 2. The summed E-state index contributed by atoms with van der Waals surface area (Å²) in [5, 5.41) is 0. The van der Waals surface area contributed by atoms with Gasteiger partial charge in [-0.15, -0.1) is 0 Å². The zero-order valence-electron chi connectivity index (χ0n) is 11.8. The van der Waals surface area contributed by atoms with E-state index in [0.29, 0.717) is 0 Å². The predicted molar refractivity (Wildman–Crippen MR) is 79.8 cm³/mol. The molecule has 0 fully saturated rings. The van der Waals surface area contributed by atoms with E-state index in [1.165, 1.54) is 17.2 Å². The van der Waals surface area contributed by atoms with Crippen molar-refractivity contribution in [2.24, 2.45) is 5.73 Å². The Morgan fingerprint density at radius 2 is 2.05 bits per heavy atom. The summed E-state index contributed by atoms with van der Waals surface area (Å²) in [4.78, 5) is 0. The summed E-state index contributed by atoms with van der Waals surface area (Å²) in [6.07, 6.45) is 3.55. The Hall–Kier alpha value is -1.87. The lowest BCUT2D eigenvalue weighted by Gasteiger charge is -2.28. The lowest BCUT2D eigenvalue weighted by atomic mass is 9.86. The van der Waals surface area contributed by atoms with Gasteiger partial charge in [0.05, 0.1) is 0 Å². The summed E-state index contributed by atoms with van der Waals surface area (Å²) in [7, 11) is 0. The van der Waals surface area contributed by atoms with E-state index in [1.54, 1.807) is 12.1 Å². The Balaban J connectivity index is 1.56. The monoisotopic (exact) mass is 283 g/mol. The van der Waals surface area contributed by atoms with Gasteiger partial charge in [0.1, 0.15) is 17.7 Å². The first kappa shape index (κ1) is 12.8. The van der Waals surface area contributed by atoms with Gasteiger partial charge in [-0.2, -0.15) is 0 Å². The molecule has 2 aromatic carbocycles. The van der Waals surface area contributed by atoms with Gasteiger partial charge in [0.2, 0.25) is 0 Å². The molecular formula is C18H18FNO. The highest BCUT2D eigenvalue weighted by Gasteiger charge is 2.39. The van der Waals surface area contributed by atoms with E-state index >= 15 is 0 Å². The van der Waals surface area contributed by atoms with Gasteiger partial charge in [-0.3, -0.25) is 0 Å². The Morgan fingerprint density at radius 1 is 1.19 bits per heavy atom. The lowest BCUT2D eigenvalue weighted by Crippen LogP contribution is -2.39. The van der Waals surface area contributed by atoms with E-state index in [2.05, 4.69) is 18.2 Å². The number of benzene rings is 2. The molecular weight excluding hydrogens is 265 g/mol. The maximum absolute atomic E-state index is 13.3. The van der Waals surface area contributed by atoms with E-state index in [0.717, 1.165) is 37.0 Å². The lowest BCUT2D eigenvalue weighted by molar-refractivity contribution is 0.178. The van der Waals surface area contributed by atoms with Crippen molar-refractivity contribution in [1.29, 1.82) is 0 Å². The summed E-state index contributed by atoms with van der Waals surface area (Å²) in [6.45, 7) is 0. The maximum atomic E-state index is 13.3. The number of ether oxygens (including phenoxy) is 1. The van der Waals surface area contributed by atoms with Gasteiger partial charge in [-0.1, -0.05) is 24.3 Å². The Bertz CT molecular complexity index is 699. The van der Waals surface area contributed by atoms with E-state index in [-0.39, 0.29) is 17.5 Å². The van der Waals surface area contributed by atoms with E-state index < -0.39 is 0 Å². The molecule has 2 nitrogen and oxygen atoms in total. The van der Waals surface area contributed by atoms with Crippen LogP contribution >= 0.6 is 0 Å². The molecule has 0 saturated carbocycles. The quantitative estimate of drug-likeness (QED) is 0.917. The predicted octanol–water partition coefficient (Wildman–Crippen LogP) is 3.32. The molecule has 2 N–H and O–H groups in total. The zero-order chi connectivity index (χ0) is 14.4. The van der Waals surface area contributed by atoms with Crippen LogP contribution in [0.15, 0.2) is 42.5 Å². The molecule has 2 aromatic rings. The third-order valence-corrected chi connectivity index (χ3v) is 4.75. The summed E-state index contributed by atoms with van der Waals surface area (Å²) >= 11 is 0. The first-order chi connectivity index (χ1) is 10.1. The molecule has 1 aliphatic carbocycles. The Morgan fingerprint density at radius 3 is 2.95 bits per heavy atom. The molecule has 1 aliphatic heterocycles. The van der Waals surface area contributed by atoms with Crippen LogP contribution in [0, 0.1) is 5.82 Å². The van der Waals surface area contributed by atoms with Crippen LogP contribution in [0.2, 0.25) is 0 Å². The molecule has 3 heteroatoms. The SMILES string of the molecule is NC1(CC2Cc3cc(F)ccc3O2)CCc2ccccc21. The van der Waals surface area contributed by atoms with E-state index in [4.69, 9.17) is 10.5 Å².